The molecular weight excluding hydrogens is 360 g/mol. The van der Waals surface area contributed by atoms with Crippen LogP contribution >= 0.6 is 11.8 Å². The first-order valence-corrected chi connectivity index (χ1v) is 9.80. The lowest BCUT2D eigenvalue weighted by Crippen LogP contribution is -2.21. The minimum absolute atomic E-state index is 0.226. The Morgan fingerprint density at radius 2 is 1.81 bits per heavy atom. The monoisotopic (exact) mass is 384 g/mol. The smallest absolute Gasteiger partial charge is 0.214 e. The summed E-state index contributed by atoms with van der Waals surface area (Å²) in [6.07, 6.45) is -0.627. The average Bonchev–Trinajstić information content (AvgIpc) is 3.08. The summed E-state index contributed by atoms with van der Waals surface area (Å²) in [4.78, 5) is 0. The van der Waals surface area contributed by atoms with Crippen LogP contribution in [0.4, 0.5) is 0 Å². The number of ether oxygens (including phenoxy) is 1. The number of aliphatic hydroxyl groups excluding tert-OH is 1. The molecule has 0 saturated carbocycles. The second-order valence-electron chi connectivity index (χ2n) is 6.66. The van der Waals surface area contributed by atoms with Crippen LogP contribution in [0.1, 0.15) is 22.3 Å². The van der Waals surface area contributed by atoms with Crippen LogP contribution in [0, 0.1) is 27.7 Å². The molecule has 1 N–H and O–H groups in total. The molecule has 0 saturated heterocycles. The number of aryl methyl sites for hydroxylation is 4. The van der Waals surface area contributed by atoms with E-state index < -0.39 is 6.10 Å². The molecule has 0 fully saturated rings. The van der Waals surface area contributed by atoms with E-state index >= 15 is 0 Å². The highest BCUT2D eigenvalue weighted by Crippen LogP contribution is 2.24. The highest BCUT2D eigenvalue weighted by molar-refractivity contribution is 7.99. The minimum Gasteiger partial charge on any atom is -0.490 e. The number of para-hydroxylation sites is 1. The average molecular weight is 385 g/mol. The van der Waals surface area contributed by atoms with Crippen LogP contribution < -0.4 is 4.74 Å². The minimum atomic E-state index is -0.627. The quantitative estimate of drug-likeness (QED) is 0.629. The van der Waals surface area contributed by atoms with Gasteiger partial charge in [-0.1, -0.05) is 47.7 Å². The predicted molar refractivity (Wildman–Crippen MR) is 107 cm³/mol. The van der Waals surface area contributed by atoms with Crippen LogP contribution in [-0.2, 0) is 0 Å². The predicted octanol–water partition coefficient (Wildman–Crippen LogP) is 3.43. The zero-order chi connectivity index (χ0) is 19.4. The van der Waals surface area contributed by atoms with Crippen molar-refractivity contribution in [2.24, 2.45) is 0 Å². The standard InChI is InChI=1S/C20H24N4O2S/c1-13-8-9-18(16(4)10-13)24-20(21-22-23-24)27-12-17(25)11-26-19-14(2)6-5-7-15(19)3/h5-10,17,25H,11-12H2,1-4H3/t17-/m0/s1. The lowest BCUT2D eigenvalue weighted by Gasteiger charge is -2.15. The number of thioether (sulfide) groups is 1. The summed E-state index contributed by atoms with van der Waals surface area (Å²) in [5, 5.41) is 22.9. The largest absolute Gasteiger partial charge is 0.490 e. The number of hydrogen-bond acceptors (Lipinski definition) is 6. The summed E-state index contributed by atoms with van der Waals surface area (Å²) in [5.74, 6) is 1.28. The zero-order valence-corrected chi connectivity index (χ0v) is 16.8. The zero-order valence-electron chi connectivity index (χ0n) is 16.0. The van der Waals surface area contributed by atoms with Gasteiger partial charge >= 0.3 is 0 Å². The van der Waals surface area contributed by atoms with Gasteiger partial charge in [0.25, 0.3) is 0 Å². The molecule has 3 aromatic rings. The molecule has 27 heavy (non-hydrogen) atoms. The Bertz CT molecular complexity index is 906. The van der Waals surface area contributed by atoms with Crippen molar-refractivity contribution in [2.45, 2.75) is 39.0 Å². The third kappa shape index (κ3) is 4.67. The van der Waals surface area contributed by atoms with Gasteiger partial charge in [0.2, 0.25) is 5.16 Å². The third-order valence-corrected chi connectivity index (χ3v) is 5.32. The van der Waals surface area contributed by atoms with Crippen molar-refractivity contribution in [3.05, 3.63) is 58.7 Å². The number of aromatic nitrogens is 4. The van der Waals surface area contributed by atoms with Gasteiger partial charge in [-0.25, -0.2) is 0 Å². The Hall–Kier alpha value is -2.38. The van der Waals surface area contributed by atoms with E-state index in [0.29, 0.717) is 10.9 Å². The Morgan fingerprint density at radius 1 is 1.07 bits per heavy atom. The van der Waals surface area contributed by atoms with Crippen LogP contribution in [0.25, 0.3) is 5.69 Å². The van der Waals surface area contributed by atoms with Crippen molar-refractivity contribution in [3.8, 4) is 11.4 Å². The molecule has 1 atom stereocenters. The summed E-state index contributed by atoms with van der Waals surface area (Å²) in [7, 11) is 0. The SMILES string of the molecule is Cc1ccc(-n2nnnc2SC[C@@H](O)COc2c(C)cccc2C)c(C)c1. The number of rotatable bonds is 7. The van der Waals surface area contributed by atoms with Crippen molar-refractivity contribution in [1.82, 2.24) is 20.2 Å². The van der Waals surface area contributed by atoms with Gasteiger partial charge in [0, 0.05) is 5.75 Å². The summed E-state index contributed by atoms with van der Waals surface area (Å²) < 4.78 is 7.53. The van der Waals surface area contributed by atoms with Crippen molar-refractivity contribution in [2.75, 3.05) is 12.4 Å². The second-order valence-corrected chi connectivity index (χ2v) is 7.65. The molecule has 0 radical (unpaired) electrons. The van der Waals surface area contributed by atoms with E-state index in [4.69, 9.17) is 4.74 Å². The molecule has 0 aliphatic carbocycles. The van der Waals surface area contributed by atoms with Gasteiger partial charge in [-0.15, -0.1) is 5.10 Å². The molecule has 0 bridgehead atoms. The molecule has 6 nitrogen and oxygen atoms in total. The van der Waals surface area contributed by atoms with E-state index in [1.54, 1.807) is 4.68 Å². The lowest BCUT2D eigenvalue weighted by molar-refractivity contribution is 0.125. The lowest BCUT2D eigenvalue weighted by atomic mass is 10.1. The first-order valence-electron chi connectivity index (χ1n) is 8.81. The molecule has 1 aromatic heterocycles. The molecule has 0 spiro atoms. The summed E-state index contributed by atoms with van der Waals surface area (Å²) in [5.41, 5.74) is 5.36. The molecule has 0 amide bonds. The van der Waals surface area contributed by atoms with Crippen LogP contribution in [0.2, 0.25) is 0 Å². The molecule has 3 rings (SSSR count). The van der Waals surface area contributed by atoms with E-state index in [-0.39, 0.29) is 6.61 Å². The summed E-state index contributed by atoms with van der Waals surface area (Å²) in [6, 6.07) is 12.1. The molecule has 0 aliphatic heterocycles. The van der Waals surface area contributed by atoms with Gasteiger partial charge in [-0.05, 0) is 60.9 Å². The number of nitrogens with zero attached hydrogens (tertiary/aromatic N) is 4. The number of hydrogen-bond donors (Lipinski definition) is 1. The fraction of sp³-hybridized carbons (Fsp3) is 0.350. The van der Waals surface area contributed by atoms with E-state index in [9.17, 15) is 5.11 Å². The molecule has 142 valence electrons. The molecular formula is C20H24N4O2S. The van der Waals surface area contributed by atoms with E-state index in [0.717, 1.165) is 28.1 Å². The fourth-order valence-corrected chi connectivity index (χ4v) is 3.68. The van der Waals surface area contributed by atoms with Gasteiger partial charge in [0.15, 0.2) is 0 Å². The van der Waals surface area contributed by atoms with Crippen LogP contribution in [0.5, 0.6) is 5.75 Å². The van der Waals surface area contributed by atoms with Crippen LogP contribution in [0.15, 0.2) is 41.6 Å². The number of tetrazole rings is 1. The highest BCUT2D eigenvalue weighted by Gasteiger charge is 2.15. The second kappa shape index (κ2) is 8.54. The van der Waals surface area contributed by atoms with E-state index in [1.165, 1.54) is 17.3 Å². The van der Waals surface area contributed by atoms with E-state index in [2.05, 4.69) is 28.5 Å². The summed E-state index contributed by atoms with van der Waals surface area (Å²) in [6.45, 7) is 8.32. The van der Waals surface area contributed by atoms with Crippen molar-refractivity contribution in [1.29, 1.82) is 0 Å². The Morgan fingerprint density at radius 3 is 2.52 bits per heavy atom. The molecule has 0 unspecified atom stereocenters. The van der Waals surface area contributed by atoms with Crippen molar-refractivity contribution >= 4 is 11.8 Å². The van der Waals surface area contributed by atoms with Crippen molar-refractivity contribution < 1.29 is 9.84 Å². The van der Waals surface area contributed by atoms with Gasteiger partial charge < -0.3 is 9.84 Å². The molecule has 2 aromatic carbocycles. The number of aliphatic hydroxyl groups is 1. The molecule has 7 heteroatoms. The third-order valence-electron chi connectivity index (χ3n) is 4.26. The Balaban J connectivity index is 1.62. The van der Waals surface area contributed by atoms with Gasteiger partial charge in [-0.3, -0.25) is 0 Å². The van der Waals surface area contributed by atoms with Crippen LogP contribution in [-0.4, -0.2) is 43.8 Å². The first kappa shape index (κ1) is 19.4. The maximum Gasteiger partial charge on any atom is 0.214 e. The van der Waals surface area contributed by atoms with Gasteiger partial charge in [0.05, 0.1) is 11.8 Å². The van der Waals surface area contributed by atoms with Gasteiger partial charge in [-0.2, -0.15) is 4.68 Å². The van der Waals surface area contributed by atoms with Crippen molar-refractivity contribution in [3.63, 3.8) is 0 Å². The number of benzene rings is 2. The summed E-state index contributed by atoms with van der Waals surface area (Å²) >= 11 is 1.41. The topological polar surface area (TPSA) is 73.1 Å². The maximum atomic E-state index is 10.3. The fourth-order valence-electron chi connectivity index (χ4n) is 2.89. The maximum absolute atomic E-state index is 10.3. The van der Waals surface area contributed by atoms with Gasteiger partial charge in [0.1, 0.15) is 12.4 Å². The Labute approximate surface area is 163 Å². The molecule has 1 heterocycles. The normalized spacial score (nSPS) is 12.2. The van der Waals surface area contributed by atoms with Crippen LogP contribution in [0.3, 0.4) is 0 Å². The molecule has 0 aliphatic rings. The highest BCUT2D eigenvalue weighted by atomic mass is 32.2. The van der Waals surface area contributed by atoms with E-state index in [1.807, 2.05) is 51.1 Å². The Kier molecular flexibility index (Phi) is 6.13. The first-order chi connectivity index (χ1) is 13.0.